The summed E-state index contributed by atoms with van der Waals surface area (Å²) in [6.45, 7) is 3.56. The highest BCUT2D eigenvalue weighted by atomic mass is 35.6. The molecular weight excluding hydrogens is 296 g/mol. The Labute approximate surface area is 124 Å². The highest BCUT2D eigenvalue weighted by molar-refractivity contribution is 6.76. The number of amides is 1. The molecule has 0 aliphatic carbocycles. The maximum Gasteiger partial charge on any atom is 0.272 e. The minimum atomic E-state index is -2.02. The topological polar surface area (TPSA) is 46.2 Å². The van der Waals surface area contributed by atoms with Crippen molar-refractivity contribution in [3.8, 4) is 0 Å². The Hall–Kier alpha value is 0.01000. The lowest BCUT2D eigenvalue weighted by Gasteiger charge is -2.18. The van der Waals surface area contributed by atoms with Crippen molar-refractivity contribution in [1.29, 1.82) is 0 Å². The summed E-state index contributed by atoms with van der Waals surface area (Å²) >= 11 is 16.3. The molecule has 0 spiro atoms. The molecule has 1 unspecified atom stereocenters. The van der Waals surface area contributed by atoms with E-state index in [0.29, 0.717) is 6.42 Å². The number of hydrogen-bond acceptors (Lipinski definition) is 2. The molecule has 0 saturated carbocycles. The fourth-order valence-corrected chi connectivity index (χ4v) is 1.73. The van der Waals surface area contributed by atoms with Gasteiger partial charge in [0, 0.05) is 0 Å². The van der Waals surface area contributed by atoms with Gasteiger partial charge in [0.15, 0.2) is 5.78 Å². The first-order valence-electron chi connectivity index (χ1n) is 6.17. The zero-order valence-corrected chi connectivity index (χ0v) is 13.0. The molecule has 0 fully saturated rings. The lowest BCUT2D eigenvalue weighted by molar-refractivity contribution is -0.126. The first-order chi connectivity index (χ1) is 8.29. The first-order valence-corrected chi connectivity index (χ1v) is 7.30. The van der Waals surface area contributed by atoms with Crippen LogP contribution in [0, 0.1) is 0 Å². The summed E-state index contributed by atoms with van der Waals surface area (Å²) in [6, 6.07) is -0.560. The standard InChI is InChI=1S/C12H20Cl3NO2/c1-3-4-5-6-7-8-10(9(2)17)16-11(18)12(13,14)15/h10H,3-8H2,1-2H3,(H,16,18). The lowest BCUT2D eigenvalue weighted by atomic mass is 10.0. The van der Waals surface area contributed by atoms with Crippen LogP contribution in [-0.2, 0) is 9.59 Å². The Morgan fingerprint density at radius 3 is 2.11 bits per heavy atom. The highest BCUT2D eigenvalue weighted by Crippen LogP contribution is 2.26. The molecule has 0 aliphatic rings. The van der Waals surface area contributed by atoms with Crippen LogP contribution < -0.4 is 5.32 Å². The van der Waals surface area contributed by atoms with Gasteiger partial charge in [0.2, 0.25) is 0 Å². The monoisotopic (exact) mass is 315 g/mol. The molecule has 0 aromatic rings. The van der Waals surface area contributed by atoms with Gasteiger partial charge >= 0.3 is 0 Å². The Kier molecular flexibility index (Phi) is 9.01. The third kappa shape index (κ3) is 8.17. The highest BCUT2D eigenvalue weighted by Gasteiger charge is 2.32. The number of alkyl halides is 3. The second-order valence-electron chi connectivity index (χ2n) is 4.34. The van der Waals surface area contributed by atoms with Gasteiger partial charge in [-0.1, -0.05) is 73.8 Å². The van der Waals surface area contributed by atoms with Gasteiger partial charge < -0.3 is 5.32 Å². The molecule has 6 heteroatoms. The number of unbranched alkanes of at least 4 members (excludes halogenated alkanes) is 4. The summed E-state index contributed by atoms with van der Waals surface area (Å²) < 4.78 is -2.02. The van der Waals surface area contributed by atoms with Crippen LogP contribution in [0.5, 0.6) is 0 Å². The summed E-state index contributed by atoms with van der Waals surface area (Å²) in [6.07, 6.45) is 6.00. The van der Waals surface area contributed by atoms with Gasteiger partial charge in [-0.25, -0.2) is 0 Å². The number of carbonyl (C=O) groups excluding carboxylic acids is 2. The Balaban J connectivity index is 4.09. The van der Waals surface area contributed by atoms with Gasteiger partial charge in [0.1, 0.15) is 0 Å². The van der Waals surface area contributed by atoms with E-state index in [0.717, 1.165) is 19.3 Å². The minimum absolute atomic E-state index is 0.118. The number of carbonyl (C=O) groups is 2. The molecule has 3 nitrogen and oxygen atoms in total. The van der Waals surface area contributed by atoms with E-state index in [9.17, 15) is 9.59 Å². The average Bonchev–Trinajstić information content (AvgIpc) is 2.25. The second-order valence-corrected chi connectivity index (χ2v) is 6.62. The summed E-state index contributed by atoms with van der Waals surface area (Å²) in [7, 11) is 0. The molecular formula is C12H20Cl3NO2. The fraction of sp³-hybridized carbons (Fsp3) is 0.833. The van der Waals surface area contributed by atoms with Crippen molar-refractivity contribution in [3.05, 3.63) is 0 Å². The van der Waals surface area contributed by atoms with Crippen LogP contribution in [-0.4, -0.2) is 21.5 Å². The molecule has 106 valence electrons. The number of halogens is 3. The van der Waals surface area contributed by atoms with Crippen molar-refractivity contribution in [2.45, 2.75) is 62.2 Å². The van der Waals surface area contributed by atoms with Crippen molar-refractivity contribution < 1.29 is 9.59 Å². The molecule has 0 aromatic heterocycles. The van der Waals surface area contributed by atoms with E-state index in [1.54, 1.807) is 0 Å². The van der Waals surface area contributed by atoms with E-state index in [1.807, 2.05) is 0 Å². The zero-order valence-electron chi connectivity index (χ0n) is 10.8. The van der Waals surface area contributed by atoms with Crippen LogP contribution in [0.15, 0.2) is 0 Å². The molecule has 0 saturated heterocycles. The molecule has 18 heavy (non-hydrogen) atoms. The summed E-state index contributed by atoms with van der Waals surface area (Å²) in [5.41, 5.74) is 0. The van der Waals surface area contributed by atoms with Crippen molar-refractivity contribution in [3.63, 3.8) is 0 Å². The molecule has 1 amide bonds. The maximum absolute atomic E-state index is 11.5. The van der Waals surface area contributed by atoms with E-state index in [-0.39, 0.29) is 5.78 Å². The van der Waals surface area contributed by atoms with Crippen molar-refractivity contribution >= 4 is 46.5 Å². The third-order valence-corrected chi connectivity index (χ3v) is 3.16. The maximum atomic E-state index is 11.5. The second kappa shape index (κ2) is 9.00. The van der Waals surface area contributed by atoms with Crippen LogP contribution in [0.3, 0.4) is 0 Å². The largest absolute Gasteiger partial charge is 0.343 e. The number of Topliss-reactive ketones (excluding diaryl/α,β-unsaturated/α-hetero) is 1. The number of rotatable bonds is 8. The number of ketones is 1. The summed E-state index contributed by atoms with van der Waals surface area (Å²) in [4.78, 5) is 22.8. The SMILES string of the molecule is CCCCCCCC(NC(=O)C(Cl)(Cl)Cl)C(C)=O. The van der Waals surface area contributed by atoms with E-state index in [4.69, 9.17) is 34.8 Å². The quantitative estimate of drug-likeness (QED) is 0.547. The zero-order chi connectivity index (χ0) is 14.2. The summed E-state index contributed by atoms with van der Waals surface area (Å²) in [5.74, 6) is -0.866. The van der Waals surface area contributed by atoms with Crippen LogP contribution in [0.1, 0.15) is 52.4 Å². The number of hydrogen-bond donors (Lipinski definition) is 1. The molecule has 0 radical (unpaired) electrons. The van der Waals surface area contributed by atoms with Gasteiger partial charge in [-0.15, -0.1) is 0 Å². The predicted molar refractivity (Wildman–Crippen MR) is 76.3 cm³/mol. The summed E-state index contributed by atoms with van der Waals surface area (Å²) in [5, 5.41) is 2.46. The van der Waals surface area contributed by atoms with Gasteiger partial charge in [-0.05, 0) is 13.3 Å². The smallest absolute Gasteiger partial charge is 0.272 e. The molecule has 0 aromatic carbocycles. The molecule has 1 N–H and O–H groups in total. The molecule has 0 bridgehead atoms. The van der Waals surface area contributed by atoms with E-state index in [1.165, 1.54) is 19.8 Å². The van der Waals surface area contributed by atoms with Crippen molar-refractivity contribution in [2.75, 3.05) is 0 Å². The van der Waals surface area contributed by atoms with Gasteiger partial charge in [-0.3, -0.25) is 9.59 Å². The minimum Gasteiger partial charge on any atom is -0.343 e. The van der Waals surface area contributed by atoms with E-state index < -0.39 is 15.7 Å². The molecule has 0 aliphatic heterocycles. The van der Waals surface area contributed by atoms with E-state index >= 15 is 0 Å². The van der Waals surface area contributed by atoms with Crippen LogP contribution in [0.2, 0.25) is 0 Å². The Morgan fingerprint density at radius 1 is 1.11 bits per heavy atom. The lowest BCUT2D eigenvalue weighted by Crippen LogP contribution is -2.45. The van der Waals surface area contributed by atoms with Crippen molar-refractivity contribution in [2.24, 2.45) is 0 Å². The normalized spacial score (nSPS) is 13.2. The molecule has 0 rings (SSSR count). The van der Waals surface area contributed by atoms with Gasteiger partial charge in [0.05, 0.1) is 6.04 Å². The van der Waals surface area contributed by atoms with Gasteiger partial charge in [0.25, 0.3) is 9.70 Å². The van der Waals surface area contributed by atoms with Gasteiger partial charge in [-0.2, -0.15) is 0 Å². The van der Waals surface area contributed by atoms with Crippen LogP contribution >= 0.6 is 34.8 Å². The molecule has 0 heterocycles. The predicted octanol–water partition coefficient (Wildman–Crippen LogP) is 3.79. The van der Waals surface area contributed by atoms with Crippen LogP contribution in [0.4, 0.5) is 0 Å². The molecule has 1 atom stereocenters. The van der Waals surface area contributed by atoms with Crippen LogP contribution in [0.25, 0.3) is 0 Å². The first kappa shape index (κ1) is 18.0. The Bertz CT molecular complexity index is 277. The van der Waals surface area contributed by atoms with Crippen molar-refractivity contribution in [1.82, 2.24) is 5.32 Å². The number of nitrogens with one attached hydrogen (secondary N) is 1. The van der Waals surface area contributed by atoms with E-state index in [2.05, 4.69) is 12.2 Å². The third-order valence-electron chi connectivity index (χ3n) is 2.65. The fourth-order valence-electron chi connectivity index (χ4n) is 1.57. The average molecular weight is 317 g/mol. The Morgan fingerprint density at radius 2 is 1.67 bits per heavy atom.